The quantitative estimate of drug-likeness (QED) is 0.804. The highest BCUT2D eigenvalue weighted by Crippen LogP contribution is 2.23. The Kier molecular flexibility index (Phi) is 4.35. The van der Waals surface area contributed by atoms with E-state index < -0.39 is 0 Å². The summed E-state index contributed by atoms with van der Waals surface area (Å²) in [4.78, 5) is 10.9. The summed E-state index contributed by atoms with van der Waals surface area (Å²) in [6.07, 6.45) is 0. The molecular weight excluding hydrogens is 186 g/mol. The molecule has 0 spiro atoms. The van der Waals surface area contributed by atoms with Gasteiger partial charge in [0, 0.05) is 19.4 Å². The Morgan fingerprint density at radius 3 is 2.33 bits per heavy atom. The van der Waals surface area contributed by atoms with Gasteiger partial charge in [0.1, 0.15) is 0 Å². The fourth-order valence-electron chi connectivity index (χ4n) is 1.69. The van der Waals surface area contributed by atoms with Gasteiger partial charge in [0.05, 0.1) is 0 Å². The molecule has 1 N–H and O–H groups in total. The Morgan fingerprint density at radius 1 is 1.27 bits per heavy atom. The first kappa shape index (κ1) is 11.8. The number of hydrogen-bond acceptors (Lipinski definition) is 1. The minimum Gasteiger partial charge on any atom is -0.356 e. The van der Waals surface area contributed by atoms with Gasteiger partial charge in [-0.2, -0.15) is 0 Å². The van der Waals surface area contributed by atoms with E-state index >= 15 is 0 Å². The monoisotopic (exact) mass is 205 g/mol. The van der Waals surface area contributed by atoms with Crippen LogP contribution < -0.4 is 5.32 Å². The first-order valence-electron chi connectivity index (χ1n) is 5.40. The van der Waals surface area contributed by atoms with Crippen LogP contribution in [0.1, 0.15) is 32.3 Å². The zero-order valence-corrected chi connectivity index (χ0v) is 9.66. The molecule has 0 bridgehead atoms. The van der Waals surface area contributed by atoms with Crippen LogP contribution in [0.5, 0.6) is 0 Å². The molecule has 0 heterocycles. The molecule has 1 unspecified atom stereocenters. The number of benzene rings is 1. The second-order valence-electron chi connectivity index (χ2n) is 4.20. The van der Waals surface area contributed by atoms with Gasteiger partial charge >= 0.3 is 0 Å². The molecular formula is C13H19NO. The molecule has 0 saturated carbocycles. The van der Waals surface area contributed by atoms with Crippen LogP contribution in [0.3, 0.4) is 0 Å². The van der Waals surface area contributed by atoms with E-state index in [9.17, 15) is 4.79 Å². The topological polar surface area (TPSA) is 29.1 Å². The Balaban J connectivity index is 2.70. The van der Waals surface area contributed by atoms with Gasteiger partial charge in [-0.15, -0.1) is 0 Å². The molecule has 82 valence electrons. The average molecular weight is 205 g/mol. The summed E-state index contributed by atoms with van der Waals surface area (Å²) < 4.78 is 0. The summed E-state index contributed by atoms with van der Waals surface area (Å²) in [7, 11) is 0. The molecule has 0 aliphatic rings. The van der Waals surface area contributed by atoms with E-state index in [2.05, 4.69) is 31.3 Å². The zero-order chi connectivity index (χ0) is 11.3. The van der Waals surface area contributed by atoms with Crippen LogP contribution in [-0.2, 0) is 4.79 Å². The third-order valence-corrected chi connectivity index (χ3v) is 2.60. The Morgan fingerprint density at radius 2 is 1.87 bits per heavy atom. The second kappa shape index (κ2) is 5.54. The summed E-state index contributed by atoms with van der Waals surface area (Å²) in [6.45, 7) is 6.64. The normalized spacial score (nSPS) is 12.5. The Labute approximate surface area is 91.7 Å². The number of amides is 1. The zero-order valence-electron chi connectivity index (χ0n) is 9.66. The summed E-state index contributed by atoms with van der Waals surface area (Å²) in [5.41, 5.74) is 1.29. The highest BCUT2D eigenvalue weighted by Gasteiger charge is 2.15. The van der Waals surface area contributed by atoms with Gasteiger partial charge < -0.3 is 5.32 Å². The van der Waals surface area contributed by atoms with Crippen molar-refractivity contribution in [1.29, 1.82) is 0 Å². The highest BCUT2D eigenvalue weighted by molar-refractivity contribution is 5.72. The van der Waals surface area contributed by atoms with Gasteiger partial charge in [-0.25, -0.2) is 0 Å². The molecule has 15 heavy (non-hydrogen) atoms. The summed E-state index contributed by atoms with van der Waals surface area (Å²) >= 11 is 0. The lowest BCUT2D eigenvalue weighted by Crippen LogP contribution is -2.28. The molecule has 0 radical (unpaired) electrons. The van der Waals surface area contributed by atoms with Gasteiger partial charge in [-0.05, 0) is 11.5 Å². The van der Waals surface area contributed by atoms with Crippen molar-refractivity contribution in [2.75, 3.05) is 6.54 Å². The van der Waals surface area contributed by atoms with E-state index in [1.54, 1.807) is 6.92 Å². The SMILES string of the molecule is CC(=O)NCC(c1ccccc1)C(C)C. The van der Waals surface area contributed by atoms with Crippen molar-refractivity contribution in [1.82, 2.24) is 5.32 Å². The standard InChI is InChI=1S/C13H19NO/c1-10(2)13(9-14-11(3)15)12-7-5-4-6-8-12/h4-8,10,13H,9H2,1-3H3,(H,14,15). The van der Waals surface area contributed by atoms with Crippen molar-refractivity contribution in [3.63, 3.8) is 0 Å². The summed E-state index contributed by atoms with van der Waals surface area (Å²) in [5.74, 6) is 0.964. The third kappa shape index (κ3) is 3.74. The molecule has 1 atom stereocenters. The highest BCUT2D eigenvalue weighted by atomic mass is 16.1. The smallest absolute Gasteiger partial charge is 0.216 e. The molecule has 1 aromatic rings. The van der Waals surface area contributed by atoms with Crippen LogP contribution in [0, 0.1) is 5.92 Å². The number of hydrogen-bond donors (Lipinski definition) is 1. The van der Waals surface area contributed by atoms with Crippen molar-refractivity contribution in [2.45, 2.75) is 26.7 Å². The van der Waals surface area contributed by atoms with E-state index in [1.165, 1.54) is 5.56 Å². The van der Waals surface area contributed by atoms with Crippen LogP contribution in [0.15, 0.2) is 30.3 Å². The molecule has 1 rings (SSSR count). The molecule has 2 nitrogen and oxygen atoms in total. The maximum absolute atomic E-state index is 10.9. The van der Waals surface area contributed by atoms with Crippen molar-refractivity contribution in [3.8, 4) is 0 Å². The van der Waals surface area contributed by atoms with E-state index in [0.29, 0.717) is 11.8 Å². The van der Waals surface area contributed by atoms with E-state index in [1.807, 2.05) is 18.2 Å². The number of rotatable bonds is 4. The first-order chi connectivity index (χ1) is 7.11. The predicted octanol–water partition coefficient (Wildman–Crippen LogP) is 2.56. The average Bonchev–Trinajstić information content (AvgIpc) is 2.18. The fraction of sp³-hybridized carbons (Fsp3) is 0.462. The first-order valence-corrected chi connectivity index (χ1v) is 5.40. The van der Waals surface area contributed by atoms with E-state index in [0.717, 1.165) is 6.54 Å². The van der Waals surface area contributed by atoms with Crippen LogP contribution in [0.25, 0.3) is 0 Å². The maximum atomic E-state index is 10.9. The molecule has 0 aromatic heterocycles. The van der Waals surface area contributed by atoms with Crippen molar-refractivity contribution >= 4 is 5.91 Å². The predicted molar refractivity (Wildman–Crippen MR) is 62.7 cm³/mol. The fourth-order valence-corrected chi connectivity index (χ4v) is 1.69. The Bertz CT molecular complexity index is 306. The molecule has 2 heteroatoms. The molecule has 1 amide bonds. The van der Waals surface area contributed by atoms with Gasteiger partial charge in [0.2, 0.25) is 5.91 Å². The van der Waals surface area contributed by atoms with E-state index in [4.69, 9.17) is 0 Å². The Hall–Kier alpha value is -1.31. The summed E-state index contributed by atoms with van der Waals surface area (Å²) in [5, 5.41) is 2.89. The van der Waals surface area contributed by atoms with Crippen LogP contribution in [0.2, 0.25) is 0 Å². The minimum absolute atomic E-state index is 0.0385. The minimum atomic E-state index is 0.0385. The van der Waals surface area contributed by atoms with E-state index in [-0.39, 0.29) is 5.91 Å². The largest absolute Gasteiger partial charge is 0.356 e. The number of carbonyl (C=O) groups is 1. The number of carbonyl (C=O) groups excluding carboxylic acids is 1. The maximum Gasteiger partial charge on any atom is 0.216 e. The third-order valence-electron chi connectivity index (χ3n) is 2.60. The lowest BCUT2D eigenvalue weighted by atomic mass is 9.88. The lowest BCUT2D eigenvalue weighted by Gasteiger charge is -2.21. The van der Waals surface area contributed by atoms with Crippen LogP contribution in [-0.4, -0.2) is 12.5 Å². The number of nitrogens with one attached hydrogen (secondary N) is 1. The molecule has 0 aliphatic carbocycles. The van der Waals surface area contributed by atoms with Crippen molar-refractivity contribution in [2.24, 2.45) is 5.92 Å². The van der Waals surface area contributed by atoms with Crippen molar-refractivity contribution in [3.05, 3.63) is 35.9 Å². The lowest BCUT2D eigenvalue weighted by molar-refractivity contribution is -0.119. The van der Waals surface area contributed by atoms with Crippen LogP contribution >= 0.6 is 0 Å². The molecule has 1 aromatic carbocycles. The second-order valence-corrected chi connectivity index (χ2v) is 4.20. The molecule has 0 saturated heterocycles. The van der Waals surface area contributed by atoms with Crippen molar-refractivity contribution < 1.29 is 4.79 Å². The van der Waals surface area contributed by atoms with Gasteiger partial charge in [-0.1, -0.05) is 44.2 Å². The van der Waals surface area contributed by atoms with Gasteiger partial charge in [0.25, 0.3) is 0 Å². The summed E-state index contributed by atoms with van der Waals surface area (Å²) in [6, 6.07) is 10.3. The molecule has 0 fully saturated rings. The van der Waals surface area contributed by atoms with Gasteiger partial charge in [0.15, 0.2) is 0 Å². The molecule has 0 aliphatic heterocycles. The van der Waals surface area contributed by atoms with Crippen LogP contribution in [0.4, 0.5) is 0 Å². The van der Waals surface area contributed by atoms with Gasteiger partial charge in [-0.3, -0.25) is 4.79 Å².